The normalized spacial score (nSPS) is 13.6. The Morgan fingerprint density at radius 3 is 2.30 bits per heavy atom. The van der Waals surface area contributed by atoms with Crippen LogP contribution in [-0.4, -0.2) is 35.0 Å². The molecule has 1 aromatic carbocycles. The van der Waals surface area contributed by atoms with E-state index in [0.717, 1.165) is 10.0 Å². The molecule has 0 aromatic heterocycles. The number of carboxylic acid groups (broad SMARTS) is 1. The fourth-order valence-corrected chi connectivity index (χ4v) is 2.37. The van der Waals surface area contributed by atoms with E-state index in [1.807, 2.05) is 31.2 Å². The molecule has 0 saturated heterocycles. The number of amides is 1. The largest absolute Gasteiger partial charge is 0.480 e. The van der Waals surface area contributed by atoms with Crippen molar-refractivity contribution in [2.45, 2.75) is 38.6 Å². The van der Waals surface area contributed by atoms with Crippen LogP contribution >= 0.6 is 15.9 Å². The first-order valence-electron chi connectivity index (χ1n) is 6.60. The number of hydrogen-bond donors (Lipinski definition) is 1. The molecule has 0 aliphatic rings. The van der Waals surface area contributed by atoms with Gasteiger partial charge < -0.3 is 10.0 Å². The standard InChI is InChI=1S/C15H20BrNO3/c1-4-13(15(19)20)17(3)14(18)9-10(2)11-5-7-12(16)8-6-11/h5-8,10,13H,4,9H2,1-3H3,(H,19,20). The number of carbonyl (C=O) groups is 2. The summed E-state index contributed by atoms with van der Waals surface area (Å²) in [6.45, 7) is 3.73. The van der Waals surface area contributed by atoms with Crippen LogP contribution in [0.5, 0.6) is 0 Å². The van der Waals surface area contributed by atoms with Crippen molar-refractivity contribution in [1.82, 2.24) is 4.90 Å². The summed E-state index contributed by atoms with van der Waals surface area (Å²) >= 11 is 3.37. The minimum atomic E-state index is -0.959. The minimum Gasteiger partial charge on any atom is -0.480 e. The van der Waals surface area contributed by atoms with E-state index >= 15 is 0 Å². The molecule has 0 aliphatic carbocycles. The van der Waals surface area contributed by atoms with Crippen molar-refractivity contribution in [2.75, 3.05) is 7.05 Å². The minimum absolute atomic E-state index is 0.0596. The maximum Gasteiger partial charge on any atom is 0.326 e. The van der Waals surface area contributed by atoms with Gasteiger partial charge in [-0.15, -0.1) is 0 Å². The average Bonchev–Trinajstić information content (AvgIpc) is 2.39. The third-order valence-corrected chi connectivity index (χ3v) is 3.98. The number of rotatable bonds is 6. The third kappa shape index (κ3) is 4.34. The molecule has 110 valence electrons. The number of hydrogen-bond acceptors (Lipinski definition) is 2. The molecule has 0 fully saturated rings. The Morgan fingerprint density at radius 2 is 1.85 bits per heavy atom. The number of halogens is 1. The molecule has 0 saturated carbocycles. The first-order valence-corrected chi connectivity index (χ1v) is 7.40. The van der Waals surface area contributed by atoms with Crippen LogP contribution in [0.25, 0.3) is 0 Å². The Bertz CT molecular complexity index is 473. The zero-order valence-electron chi connectivity index (χ0n) is 12.0. The lowest BCUT2D eigenvalue weighted by molar-refractivity contribution is -0.149. The van der Waals surface area contributed by atoms with Crippen LogP contribution in [0.2, 0.25) is 0 Å². The predicted octanol–water partition coefficient (Wildman–Crippen LogP) is 3.26. The Kier molecular flexibility index (Phi) is 6.20. The van der Waals surface area contributed by atoms with Gasteiger partial charge in [0, 0.05) is 17.9 Å². The molecule has 0 aliphatic heterocycles. The van der Waals surface area contributed by atoms with Crippen molar-refractivity contribution in [1.29, 1.82) is 0 Å². The van der Waals surface area contributed by atoms with Gasteiger partial charge in [-0.1, -0.05) is 41.9 Å². The Labute approximate surface area is 127 Å². The number of aliphatic carboxylic acids is 1. The van der Waals surface area contributed by atoms with Gasteiger partial charge in [-0.25, -0.2) is 4.79 Å². The smallest absolute Gasteiger partial charge is 0.326 e. The summed E-state index contributed by atoms with van der Waals surface area (Å²) in [6, 6.07) is 7.06. The first-order chi connectivity index (χ1) is 9.36. The predicted molar refractivity (Wildman–Crippen MR) is 81.7 cm³/mol. The third-order valence-electron chi connectivity index (χ3n) is 3.45. The van der Waals surface area contributed by atoms with E-state index in [4.69, 9.17) is 5.11 Å². The molecular formula is C15H20BrNO3. The molecule has 1 N–H and O–H groups in total. The average molecular weight is 342 g/mol. The fourth-order valence-electron chi connectivity index (χ4n) is 2.10. The molecule has 5 heteroatoms. The van der Waals surface area contributed by atoms with Crippen LogP contribution in [0.4, 0.5) is 0 Å². The summed E-state index contributed by atoms with van der Waals surface area (Å²) < 4.78 is 0.994. The second-order valence-corrected chi connectivity index (χ2v) is 5.84. The molecule has 4 nitrogen and oxygen atoms in total. The summed E-state index contributed by atoms with van der Waals surface area (Å²) in [4.78, 5) is 24.6. The van der Waals surface area contributed by atoms with Crippen molar-refractivity contribution < 1.29 is 14.7 Å². The van der Waals surface area contributed by atoms with E-state index in [9.17, 15) is 9.59 Å². The van der Waals surface area contributed by atoms with Crippen LogP contribution in [0.1, 0.15) is 38.2 Å². The highest BCUT2D eigenvalue weighted by atomic mass is 79.9. The van der Waals surface area contributed by atoms with Gasteiger partial charge >= 0.3 is 5.97 Å². The summed E-state index contributed by atoms with van der Waals surface area (Å²) in [5.74, 6) is -1.04. The summed E-state index contributed by atoms with van der Waals surface area (Å²) in [7, 11) is 1.55. The van der Waals surface area contributed by atoms with Gasteiger partial charge in [0.05, 0.1) is 0 Å². The topological polar surface area (TPSA) is 57.6 Å². The fraction of sp³-hybridized carbons (Fsp3) is 0.467. The Hall–Kier alpha value is -1.36. The second kappa shape index (κ2) is 7.43. The summed E-state index contributed by atoms with van der Waals surface area (Å²) in [6.07, 6.45) is 0.714. The maximum absolute atomic E-state index is 12.2. The van der Waals surface area contributed by atoms with Crippen molar-refractivity contribution >= 4 is 27.8 Å². The number of nitrogens with zero attached hydrogens (tertiary/aromatic N) is 1. The van der Waals surface area contributed by atoms with Crippen LogP contribution < -0.4 is 0 Å². The Balaban J connectivity index is 2.69. The molecule has 0 heterocycles. The van der Waals surface area contributed by atoms with E-state index in [1.165, 1.54) is 4.90 Å². The zero-order valence-corrected chi connectivity index (χ0v) is 13.6. The molecule has 1 aromatic rings. The highest BCUT2D eigenvalue weighted by Crippen LogP contribution is 2.22. The van der Waals surface area contributed by atoms with Gasteiger partial charge in [0.25, 0.3) is 0 Å². The second-order valence-electron chi connectivity index (χ2n) is 4.92. The van der Waals surface area contributed by atoms with Gasteiger partial charge in [0.2, 0.25) is 5.91 Å². The number of carbonyl (C=O) groups excluding carboxylic acids is 1. The number of likely N-dealkylation sites (N-methyl/N-ethyl adjacent to an activating group) is 1. The van der Waals surface area contributed by atoms with Gasteiger partial charge in [0.1, 0.15) is 6.04 Å². The van der Waals surface area contributed by atoms with Crippen LogP contribution in [0, 0.1) is 0 Å². The number of benzene rings is 1. The lowest BCUT2D eigenvalue weighted by Gasteiger charge is -2.25. The maximum atomic E-state index is 12.2. The van der Waals surface area contributed by atoms with Gasteiger partial charge in [0.15, 0.2) is 0 Å². The van der Waals surface area contributed by atoms with Gasteiger partial charge in [-0.05, 0) is 30.0 Å². The lowest BCUT2D eigenvalue weighted by Crippen LogP contribution is -2.42. The molecule has 0 radical (unpaired) electrons. The lowest BCUT2D eigenvalue weighted by atomic mass is 9.97. The summed E-state index contributed by atoms with van der Waals surface area (Å²) in [5, 5.41) is 9.08. The first kappa shape index (κ1) is 16.7. The molecule has 0 bridgehead atoms. The Morgan fingerprint density at radius 1 is 1.30 bits per heavy atom. The van der Waals surface area contributed by atoms with Crippen LogP contribution in [0.3, 0.4) is 0 Å². The SMILES string of the molecule is CCC(C(=O)O)N(C)C(=O)CC(C)c1ccc(Br)cc1. The van der Waals surface area contributed by atoms with Crippen molar-refractivity contribution in [3.63, 3.8) is 0 Å². The highest BCUT2D eigenvalue weighted by Gasteiger charge is 2.25. The van der Waals surface area contributed by atoms with Crippen LogP contribution in [0.15, 0.2) is 28.7 Å². The zero-order chi connectivity index (χ0) is 15.3. The molecule has 1 amide bonds. The molecular weight excluding hydrogens is 322 g/mol. The quantitative estimate of drug-likeness (QED) is 0.863. The van der Waals surface area contributed by atoms with E-state index in [1.54, 1.807) is 14.0 Å². The molecule has 0 spiro atoms. The van der Waals surface area contributed by atoms with E-state index in [2.05, 4.69) is 15.9 Å². The monoisotopic (exact) mass is 341 g/mol. The number of carboxylic acids is 1. The van der Waals surface area contributed by atoms with Gasteiger partial charge in [-0.2, -0.15) is 0 Å². The molecule has 1 rings (SSSR count). The van der Waals surface area contributed by atoms with Crippen molar-refractivity contribution in [3.05, 3.63) is 34.3 Å². The molecule has 20 heavy (non-hydrogen) atoms. The van der Waals surface area contributed by atoms with E-state index < -0.39 is 12.0 Å². The van der Waals surface area contributed by atoms with E-state index in [-0.39, 0.29) is 11.8 Å². The van der Waals surface area contributed by atoms with Crippen molar-refractivity contribution in [3.8, 4) is 0 Å². The van der Waals surface area contributed by atoms with Gasteiger partial charge in [-0.3, -0.25) is 4.79 Å². The van der Waals surface area contributed by atoms with Crippen LogP contribution in [-0.2, 0) is 9.59 Å². The molecule has 2 atom stereocenters. The van der Waals surface area contributed by atoms with Crippen molar-refractivity contribution in [2.24, 2.45) is 0 Å². The molecule has 2 unspecified atom stereocenters. The van der Waals surface area contributed by atoms with E-state index in [0.29, 0.717) is 12.8 Å². The summed E-state index contributed by atoms with van der Waals surface area (Å²) in [5.41, 5.74) is 1.07. The highest BCUT2D eigenvalue weighted by molar-refractivity contribution is 9.10.